The second-order valence-electron chi connectivity index (χ2n) is 4.87. The molecule has 1 aromatic heterocycles. The van der Waals surface area contributed by atoms with Gasteiger partial charge in [-0.1, -0.05) is 18.9 Å². The van der Waals surface area contributed by atoms with Gasteiger partial charge in [-0.15, -0.1) is 5.10 Å². The Morgan fingerprint density at radius 3 is 2.86 bits per heavy atom. The number of benzene rings is 1. The minimum Gasteiger partial charge on any atom is -0.478 e. The largest absolute Gasteiger partial charge is 0.478 e. The van der Waals surface area contributed by atoms with Crippen molar-refractivity contribution >= 4 is 17.7 Å². The Labute approximate surface area is 124 Å². The van der Waals surface area contributed by atoms with Crippen LogP contribution in [0.5, 0.6) is 0 Å². The number of nitrogens with zero attached hydrogens (tertiary/aromatic N) is 4. The van der Waals surface area contributed by atoms with E-state index < -0.39 is 11.8 Å². The van der Waals surface area contributed by atoms with E-state index in [-0.39, 0.29) is 16.5 Å². The first kappa shape index (κ1) is 14.0. The molecule has 1 aliphatic rings. The molecule has 0 unspecified atom stereocenters. The predicted octanol–water partition coefficient (Wildman–Crippen LogP) is 2.78. The number of carboxylic acids is 1. The highest BCUT2D eigenvalue weighted by Gasteiger charge is 2.24. The molecule has 0 atom stereocenters. The van der Waals surface area contributed by atoms with Gasteiger partial charge in [0.2, 0.25) is 5.16 Å². The fourth-order valence-electron chi connectivity index (χ4n) is 2.50. The number of rotatable bonds is 4. The van der Waals surface area contributed by atoms with E-state index in [0.29, 0.717) is 5.16 Å². The molecule has 0 aliphatic heterocycles. The van der Waals surface area contributed by atoms with Crippen molar-refractivity contribution < 1.29 is 14.3 Å². The number of hydrogen-bond donors (Lipinski definition) is 1. The highest BCUT2D eigenvalue weighted by Crippen LogP contribution is 2.35. The van der Waals surface area contributed by atoms with Gasteiger partial charge in [0.25, 0.3) is 0 Å². The van der Waals surface area contributed by atoms with E-state index in [1.165, 1.54) is 18.2 Å². The summed E-state index contributed by atoms with van der Waals surface area (Å²) >= 11 is 0.960. The number of carbonyl (C=O) groups is 1. The van der Waals surface area contributed by atoms with Crippen molar-refractivity contribution in [2.24, 2.45) is 0 Å². The Kier molecular flexibility index (Phi) is 3.87. The summed E-state index contributed by atoms with van der Waals surface area (Å²) in [6.45, 7) is 0. The van der Waals surface area contributed by atoms with E-state index in [9.17, 15) is 9.18 Å². The number of aromatic carboxylic acids is 1. The SMILES string of the molecule is O=C(O)c1cccc(F)c1Sc1nnnn1C1CCCC1. The molecule has 0 radical (unpaired) electrons. The topological polar surface area (TPSA) is 80.9 Å². The van der Waals surface area contributed by atoms with Gasteiger partial charge in [0.05, 0.1) is 16.5 Å². The molecule has 3 rings (SSSR count). The fourth-order valence-corrected chi connectivity index (χ4v) is 3.47. The van der Waals surface area contributed by atoms with Crippen LogP contribution in [-0.2, 0) is 0 Å². The molecule has 1 heterocycles. The monoisotopic (exact) mass is 308 g/mol. The van der Waals surface area contributed by atoms with Crippen LogP contribution in [0.2, 0.25) is 0 Å². The molecule has 1 N–H and O–H groups in total. The summed E-state index contributed by atoms with van der Waals surface area (Å²) in [5, 5.41) is 21.1. The Morgan fingerprint density at radius 1 is 1.38 bits per heavy atom. The van der Waals surface area contributed by atoms with E-state index in [1.54, 1.807) is 4.68 Å². The van der Waals surface area contributed by atoms with Gasteiger partial charge in [-0.25, -0.2) is 13.9 Å². The third-order valence-electron chi connectivity index (χ3n) is 3.52. The van der Waals surface area contributed by atoms with Crippen molar-refractivity contribution in [2.75, 3.05) is 0 Å². The van der Waals surface area contributed by atoms with E-state index in [1.807, 2.05) is 0 Å². The average Bonchev–Trinajstić information content (AvgIpc) is 3.11. The van der Waals surface area contributed by atoms with Crippen LogP contribution in [0.25, 0.3) is 0 Å². The maximum atomic E-state index is 13.9. The Bertz CT molecular complexity index is 670. The third-order valence-corrected chi connectivity index (χ3v) is 4.59. The van der Waals surface area contributed by atoms with E-state index >= 15 is 0 Å². The van der Waals surface area contributed by atoms with Crippen molar-refractivity contribution in [1.82, 2.24) is 20.2 Å². The molecule has 0 bridgehead atoms. The molecule has 1 saturated carbocycles. The van der Waals surface area contributed by atoms with Gasteiger partial charge in [-0.05, 0) is 47.2 Å². The van der Waals surface area contributed by atoms with Crippen molar-refractivity contribution in [2.45, 2.75) is 41.8 Å². The molecule has 0 spiro atoms. The standard InChI is InChI=1S/C13H13FN4O2S/c14-10-7-3-6-9(12(19)20)11(10)21-13-15-16-17-18(13)8-4-1-2-5-8/h3,6-8H,1-2,4-5H2,(H,19,20). The zero-order chi connectivity index (χ0) is 14.8. The first-order valence-electron chi connectivity index (χ1n) is 6.64. The normalized spacial score (nSPS) is 15.5. The molecule has 2 aromatic rings. The molecule has 0 saturated heterocycles. The van der Waals surface area contributed by atoms with Gasteiger partial charge >= 0.3 is 5.97 Å². The Hall–Kier alpha value is -1.96. The van der Waals surface area contributed by atoms with E-state index in [2.05, 4.69) is 15.5 Å². The number of aromatic nitrogens is 4. The highest BCUT2D eigenvalue weighted by atomic mass is 32.2. The number of halogens is 1. The van der Waals surface area contributed by atoms with Gasteiger partial charge in [-0.2, -0.15) is 0 Å². The molecular weight excluding hydrogens is 295 g/mol. The quantitative estimate of drug-likeness (QED) is 0.935. The third kappa shape index (κ3) is 2.76. The molecule has 21 heavy (non-hydrogen) atoms. The average molecular weight is 308 g/mol. The lowest BCUT2D eigenvalue weighted by molar-refractivity contribution is 0.0692. The minimum absolute atomic E-state index is 0.0408. The van der Waals surface area contributed by atoms with Crippen molar-refractivity contribution in [1.29, 1.82) is 0 Å². The van der Waals surface area contributed by atoms with E-state index in [4.69, 9.17) is 5.11 Å². The smallest absolute Gasteiger partial charge is 0.336 e. The molecule has 8 heteroatoms. The lowest BCUT2D eigenvalue weighted by atomic mass is 10.2. The minimum atomic E-state index is -1.17. The lowest BCUT2D eigenvalue weighted by Gasteiger charge is -2.11. The molecule has 1 fully saturated rings. The van der Waals surface area contributed by atoms with Gasteiger partial charge in [0.1, 0.15) is 5.82 Å². The summed E-state index contributed by atoms with van der Waals surface area (Å²) in [6, 6.07) is 4.20. The second-order valence-corrected chi connectivity index (χ2v) is 5.85. The van der Waals surface area contributed by atoms with Crippen molar-refractivity contribution in [3.8, 4) is 0 Å². The summed E-state index contributed by atoms with van der Waals surface area (Å²) < 4.78 is 15.6. The zero-order valence-electron chi connectivity index (χ0n) is 11.1. The Balaban J connectivity index is 1.94. The predicted molar refractivity (Wildman–Crippen MR) is 72.8 cm³/mol. The van der Waals surface area contributed by atoms with Crippen LogP contribution in [-0.4, -0.2) is 31.3 Å². The maximum absolute atomic E-state index is 13.9. The molecule has 110 valence electrons. The van der Waals surface area contributed by atoms with Crippen LogP contribution in [0, 0.1) is 5.82 Å². The molecular formula is C13H13FN4O2S. The van der Waals surface area contributed by atoms with Gasteiger partial charge in [-0.3, -0.25) is 0 Å². The molecule has 0 amide bonds. The summed E-state index contributed by atoms with van der Waals surface area (Å²) in [6.07, 6.45) is 4.22. The van der Waals surface area contributed by atoms with Crippen LogP contribution in [0.3, 0.4) is 0 Å². The van der Waals surface area contributed by atoms with Crippen LogP contribution in [0.1, 0.15) is 42.1 Å². The number of carboxylic acid groups (broad SMARTS) is 1. The summed E-state index contributed by atoms with van der Waals surface area (Å²) in [5.74, 6) is -1.75. The molecule has 1 aromatic carbocycles. The lowest BCUT2D eigenvalue weighted by Crippen LogP contribution is -2.09. The van der Waals surface area contributed by atoms with Crippen LogP contribution in [0.15, 0.2) is 28.3 Å². The summed E-state index contributed by atoms with van der Waals surface area (Å²) in [4.78, 5) is 11.2. The molecule has 1 aliphatic carbocycles. The number of tetrazole rings is 1. The first-order valence-corrected chi connectivity index (χ1v) is 7.46. The Morgan fingerprint density at radius 2 is 2.14 bits per heavy atom. The fraction of sp³-hybridized carbons (Fsp3) is 0.385. The zero-order valence-corrected chi connectivity index (χ0v) is 11.9. The van der Waals surface area contributed by atoms with Crippen LogP contribution in [0.4, 0.5) is 4.39 Å². The maximum Gasteiger partial charge on any atom is 0.336 e. The van der Waals surface area contributed by atoms with Crippen molar-refractivity contribution in [3.63, 3.8) is 0 Å². The van der Waals surface area contributed by atoms with Gasteiger partial charge < -0.3 is 5.11 Å². The van der Waals surface area contributed by atoms with E-state index in [0.717, 1.165) is 37.4 Å². The summed E-state index contributed by atoms with van der Waals surface area (Å²) in [5.41, 5.74) is -0.0824. The summed E-state index contributed by atoms with van der Waals surface area (Å²) in [7, 11) is 0. The van der Waals surface area contributed by atoms with Crippen LogP contribution >= 0.6 is 11.8 Å². The second kappa shape index (κ2) is 5.80. The number of hydrogen-bond acceptors (Lipinski definition) is 5. The first-order chi connectivity index (χ1) is 10.2. The highest BCUT2D eigenvalue weighted by molar-refractivity contribution is 7.99. The van der Waals surface area contributed by atoms with Gasteiger partial charge in [0.15, 0.2) is 0 Å². The molecule has 6 nitrogen and oxygen atoms in total. The van der Waals surface area contributed by atoms with Crippen molar-refractivity contribution in [3.05, 3.63) is 29.6 Å². The van der Waals surface area contributed by atoms with Gasteiger partial charge in [0, 0.05) is 0 Å². The van der Waals surface area contributed by atoms with Crippen LogP contribution < -0.4 is 0 Å².